The van der Waals surface area contributed by atoms with Crippen molar-refractivity contribution in [2.75, 3.05) is 13.1 Å². The summed E-state index contributed by atoms with van der Waals surface area (Å²) in [6.07, 6.45) is 1.21. The van der Waals surface area contributed by atoms with E-state index in [9.17, 15) is 0 Å². The quantitative estimate of drug-likeness (QED) is 0.918. The van der Waals surface area contributed by atoms with E-state index in [2.05, 4.69) is 71.2 Å². The highest BCUT2D eigenvalue weighted by molar-refractivity contribution is 9.10. The van der Waals surface area contributed by atoms with Crippen LogP contribution in [0.1, 0.15) is 38.8 Å². The van der Waals surface area contributed by atoms with Crippen LogP contribution in [0.3, 0.4) is 0 Å². The molecule has 1 aromatic rings. The molecule has 1 heterocycles. The molecule has 1 saturated heterocycles. The van der Waals surface area contributed by atoms with Gasteiger partial charge < -0.3 is 5.32 Å². The van der Waals surface area contributed by atoms with Crippen LogP contribution in [0.4, 0.5) is 0 Å². The second-order valence-electron chi connectivity index (χ2n) is 5.30. The minimum atomic E-state index is 0.493. The van der Waals surface area contributed by atoms with Gasteiger partial charge >= 0.3 is 0 Å². The van der Waals surface area contributed by atoms with Gasteiger partial charge in [0.1, 0.15) is 0 Å². The largest absolute Gasteiger partial charge is 0.311 e. The van der Waals surface area contributed by atoms with Crippen molar-refractivity contribution in [3.05, 3.63) is 34.3 Å². The molecule has 0 aromatic heterocycles. The predicted molar refractivity (Wildman–Crippen MR) is 80.8 cm³/mol. The third-order valence-corrected chi connectivity index (χ3v) is 4.51. The average Bonchev–Trinajstić information content (AvgIpc) is 2.39. The van der Waals surface area contributed by atoms with Crippen molar-refractivity contribution in [3.8, 4) is 0 Å². The zero-order valence-electron chi connectivity index (χ0n) is 11.5. The first-order valence-corrected chi connectivity index (χ1v) is 7.65. The van der Waals surface area contributed by atoms with Crippen LogP contribution >= 0.6 is 15.9 Å². The monoisotopic (exact) mass is 310 g/mol. The molecule has 1 aromatic carbocycles. The van der Waals surface area contributed by atoms with E-state index in [4.69, 9.17) is 0 Å². The topological polar surface area (TPSA) is 15.3 Å². The van der Waals surface area contributed by atoms with Gasteiger partial charge in [0.2, 0.25) is 0 Å². The number of halogens is 1. The van der Waals surface area contributed by atoms with Crippen molar-refractivity contribution in [3.63, 3.8) is 0 Å². The summed E-state index contributed by atoms with van der Waals surface area (Å²) in [6, 6.07) is 10.5. The maximum atomic E-state index is 3.58. The fourth-order valence-corrected chi connectivity index (χ4v) is 3.03. The molecule has 100 valence electrons. The lowest BCUT2D eigenvalue weighted by Gasteiger charge is -2.42. The first-order chi connectivity index (χ1) is 8.61. The molecule has 0 radical (unpaired) electrons. The Morgan fingerprint density at radius 3 is 2.67 bits per heavy atom. The Hall–Kier alpha value is -0.380. The van der Waals surface area contributed by atoms with Crippen LogP contribution in [0, 0.1) is 0 Å². The van der Waals surface area contributed by atoms with Crippen LogP contribution in [-0.4, -0.2) is 30.1 Å². The standard InChI is InChI=1S/C15H23BrN2/c1-4-15-9-17-11(2)10-18(15)12(3)13-5-7-14(16)8-6-13/h5-8,11-12,15,17H,4,9-10H2,1-3H3. The lowest BCUT2D eigenvalue weighted by atomic mass is 10.0. The Kier molecular flexibility index (Phi) is 4.82. The van der Waals surface area contributed by atoms with Gasteiger partial charge in [0.15, 0.2) is 0 Å². The number of rotatable bonds is 3. The Labute approximate surface area is 119 Å². The fourth-order valence-electron chi connectivity index (χ4n) is 2.77. The van der Waals surface area contributed by atoms with Crippen molar-refractivity contribution in [2.24, 2.45) is 0 Å². The summed E-state index contributed by atoms with van der Waals surface area (Å²) in [4.78, 5) is 2.64. The van der Waals surface area contributed by atoms with Crippen molar-refractivity contribution < 1.29 is 0 Å². The van der Waals surface area contributed by atoms with Crippen molar-refractivity contribution >= 4 is 15.9 Å². The fraction of sp³-hybridized carbons (Fsp3) is 0.600. The summed E-state index contributed by atoms with van der Waals surface area (Å²) < 4.78 is 1.15. The van der Waals surface area contributed by atoms with Gasteiger partial charge in [0.05, 0.1) is 0 Å². The second kappa shape index (κ2) is 6.18. The Balaban J connectivity index is 2.14. The normalized spacial score (nSPS) is 27.1. The van der Waals surface area contributed by atoms with Gasteiger partial charge in [0, 0.05) is 35.7 Å². The van der Waals surface area contributed by atoms with Crippen molar-refractivity contribution in [2.45, 2.75) is 45.3 Å². The van der Waals surface area contributed by atoms with E-state index in [1.807, 2.05) is 0 Å². The maximum Gasteiger partial charge on any atom is 0.0324 e. The van der Waals surface area contributed by atoms with Gasteiger partial charge in [-0.3, -0.25) is 4.90 Å². The van der Waals surface area contributed by atoms with Crippen molar-refractivity contribution in [1.29, 1.82) is 0 Å². The number of benzene rings is 1. The Morgan fingerprint density at radius 1 is 1.39 bits per heavy atom. The molecular formula is C15H23BrN2. The molecule has 0 saturated carbocycles. The van der Waals surface area contributed by atoms with E-state index < -0.39 is 0 Å². The highest BCUT2D eigenvalue weighted by Gasteiger charge is 2.28. The SMILES string of the molecule is CCC1CNC(C)CN1C(C)c1ccc(Br)cc1. The highest BCUT2D eigenvalue weighted by Crippen LogP contribution is 2.26. The molecular weight excluding hydrogens is 288 g/mol. The van der Waals surface area contributed by atoms with Crippen LogP contribution in [0.25, 0.3) is 0 Å². The number of piperazine rings is 1. The van der Waals surface area contributed by atoms with Crippen LogP contribution < -0.4 is 5.32 Å². The number of hydrogen-bond acceptors (Lipinski definition) is 2. The summed E-state index contributed by atoms with van der Waals surface area (Å²) in [5.74, 6) is 0. The zero-order valence-corrected chi connectivity index (χ0v) is 13.1. The van der Waals surface area contributed by atoms with Crippen LogP contribution in [0.5, 0.6) is 0 Å². The summed E-state index contributed by atoms with van der Waals surface area (Å²) >= 11 is 3.50. The molecule has 3 atom stereocenters. The third kappa shape index (κ3) is 3.14. The summed E-state index contributed by atoms with van der Waals surface area (Å²) in [5.41, 5.74) is 1.41. The molecule has 1 N–H and O–H groups in total. The number of nitrogens with one attached hydrogen (secondary N) is 1. The Bertz CT molecular complexity index is 377. The smallest absolute Gasteiger partial charge is 0.0324 e. The van der Waals surface area contributed by atoms with Gasteiger partial charge in [-0.2, -0.15) is 0 Å². The van der Waals surface area contributed by atoms with Gasteiger partial charge in [-0.05, 0) is 38.0 Å². The second-order valence-corrected chi connectivity index (χ2v) is 6.21. The average molecular weight is 311 g/mol. The van der Waals surface area contributed by atoms with Crippen LogP contribution in [0.2, 0.25) is 0 Å². The van der Waals surface area contributed by atoms with E-state index in [1.54, 1.807) is 0 Å². The van der Waals surface area contributed by atoms with Gasteiger partial charge in [0.25, 0.3) is 0 Å². The molecule has 1 fully saturated rings. The van der Waals surface area contributed by atoms with Gasteiger partial charge in [-0.15, -0.1) is 0 Å². The molecule has 3 unspecified atom stereocenters. The van der Waals surface area contributed by atoms with Crippen LogP contribution in [0.15, 0.2) is 28.7 Å². The molecule has 0 bridgehead atoms. The molecule has 0 spiro atoms. The van der Waals surface area contributed by atoms with E-state index in [0.29, 0.717) is 18.1 Å². The molecule has 18 heavy (non-hydrogen) atoms. The minimum absolute atomic E-state index is 0.493. The lowest BCUT2D eigenvalue weighted by Crippen LogP contribution is -2.55. The van der Waals surface area contributed by atoms with Crippen LogP contribution in [-0.2, 0) is 0 Å². The summed E-state index contributed by atoms with van der Waals surface area (Å²) in [7, 11) is 0. The Morgan fingerprint density at radius 2 is 2.06 bits per heavy atom. The minimum Gasteiger partial charge on any atom is -0.311 e. The molecule has 3 heteroatoms. The maximum absolute atomic E-state index is 3.58. The van der Waals surface area contributed by atoms with E-state index in [-0.39, 0.29) is 0 Å². The summed E-state index contributed by atoms with van der Waals surface area (Å²) in [6.45, 7) is 9.12. The number of hydrogen-bond donors (Lipinski definition) is 1. The molecule has 1 aliphatic heterocycles. The molecule has 2 rings (SSSR count). The molecule has 1 aliphatic rings. The van der Waals surface area contributed by atoms with E-state index >= 15 is 0 Å². The first-order valence-electron chi connectivity index (χ1n) is 6.86. The molecule has 0 aliphatic carbocycles. The summed E-state index contributed by atoms with van der Waals surface area (Å²) in [5, 5.41) is 3.58. The van der Waals surface area contributed by atoms with E-state index in [1.165, 1.54) is 12.0 Å². The third-order valence-electron chi connectivity index (χ3n) is 3.98. The van der Waals surface area contributed by atoms with Crippen molar-refractivity contribution in [1.82, 2.24) is 10.2 Å². The first kappa shape index (κ1) is 14.0. The lowest BCUT2D eigenvalue weighted by molar-refractivity contribution is 0.0905. The van der Waals surface area contributed by atoms with E-state index in [0.717, 1.165) is 17.6 Å². The van der Waals surface area contributed by atoms with Gasteiger partial charge in [-0.25, -0.2) is 0 Å². The predicted octanol–water partition coefficient (Wildman–Crippen LogP) is 3.58. The van der Waals surface area contributed by atoms with Gasteiger partial charge in [-0.1, -0.05) is 35.0 Å². The molecule has 0 amide bonds. The number of nitrogens with zero attached hydrogens (tertiary/aromatic N) is 1. The molecule has 2 nitrogen and oxygen atoms in total. The zero-order chi connectivity index (χ0) is 13.1. The highest BCUT2D eigenvalue weighted by atomic mass is 79.9.